The van der Waals surface area contributed by atoms with Crippen LogP contribution in [0.3, 0.4) is 0 Å². The van der Waals surface area contributed by atoms with E-state index in [1.807, 2.05) is 0 Å². The molecule has 2 rings (SSSR count). The van der Waals surface area contributed by atoms with Crippen LogP contribution in [0.1, 0.15) is 5.56 Å². The van der Waals surface area contributed by atoms with Crippen LogP contribution in [0.2, 0.25) is 0 Å². The maximum Gasteiger partial charge on any atom is 0.352 e. The first kappa shape index (κ1) is 13.8. The number of nitro benzene ring substituents is 1. The van der Waals surface area contributed by atoms with Crippen molar-refractivity contribution in [1.82, 2.24) is 0 Å². The number of nitro groups is 1. The molecule has 2 aromatic rings. The Hall–Kier alpha value is -2.60. The molecule has 6 heteroatoms. The topological polar surface area (TPSA) is 81.8 Å². The van der Waals surface area contributed by atoms with Gasteiger partial charge in [-0.3, -0.25) is 10.1 Å². The number of ether oxygens (including phenoxy) is 2. The van der Waals surface area contributed by atoms with Crippen LogP contribution in [0.15, 0.2) is 42.5 Å². The van der Waals surface area contributed by atoms with Gasteiger partial charge in [0, 0.05) is 5.56 Å². The minimum absolute atomic E-state index is 0.0650. The fourth-order valence-electron chi connectivity index (χ4n) is 1.78. The molecule has 0 heterocycles. The lowest BCUT2D eigenvalue weighted by Crippen LogP contribution is -1.98. The molecule has 0 aliphatic heterocycles. The highest BCUT2D eigenvalue weighted by Gasteiger charge is 2.22. The SMILES string of the molecule is COc1cccc(Oc2ccccc2CO)c1[N+](=O)[O-]. The normalized spacial score (nSPS) is 10.1. The summed E-state index contributed by atoms with van der Waals surface area (Å²) in [5.41, 5.74) is 0.298. The number of rotatable bonds is 5. The van der Waals surface area contributed by atoms with Gasteiger partial charge in [-0.25, -0.2) is 0 Å². The molecule has 0 aliphatic rings. The lowest BCUT2D eigenvalue weighted by molar-refractivity contribution is -0.386. The molecule has 0 spiro atoms. The molecule has 2 aromatic carbocycles. The number of nitrogens with zero attached hydrogens (tertiary/aromatic N) is 1. The van der Waals surface area contributed by atoms with Crippen molar-refractivity contribution in [3.05, 3.63) is 58.1 Å². The van der Waals surface area contributed by atoms with Crippen LogP contribution in [-0.2, 0) is 6.61 Å². The number of aliphatic hydroxyl groups excluding tert-OH is 1. The second-order valence-corrected chi connectivity index (χ2v) is 3.93. The highest BCUT2D eigenvalue weighted by molar-refractivity contribution is 5.58. The number of hydrogen-bond donors (Lipinski definition) is 1. The van der Waals surface area contributed by atoms with Gasteiger partial charge in [0.25, 0.3) is 0 Å². The molecule has 0 saturated heterocycles. The van der Waals surface area contributed by atoms with Gasteiger partial charge >= 0.3 is 5.69 Å². The van der Waals surface area contributed by atoms with Crippen molar-refractivity contribution in [2.75, 3.05) is 7.11 Å². The zero-order chi connectivity index (χ0) is 14.5. The highest BCUT2D eigenvalue weighted by atomic mass is 16.6. The number of hydrogen-bond acceptors (Lipinski definition) is 5. The van der Waals surface area contributed by atoms with Gasteiger partial charge in [0.15, 0.2) is 0 Å². The third-order valence-corrected chi connectivity index (χ3v) is 2.73. The van der Waals surface area contributed by atoms with Crippen LogP contribution in [0, 0.1) is 10.1 Å². The fourth-order valence-corrected chi connectivity index (χ4v) is 1.78. The Kier molecular flexibility index (Phi) is 4.17. The summed E-state index contributed by atoms with van der Waals surface area (Å²) in [6, 6.07) is 11.4. The Morgan fingerprint density at radius 3 is 2.40 bits per heavy atom. The summed E-state index contributed by atoms with van der Waals surface area (Å²) in [4.78, 5) is 10.6. The standard InChI is InChI=1S/C14H13NO5/c1-19-12-7-4-8-13(14(12)15(17)18)20-11-6-3-2-5-10(11)9-16/h2-8,16H,9H2,1H3. The summed E-state index contributed by atoms with van der Waals surface area (Å²) >= 11 is 0. The Balaban J connectivity index is 2.46. The van der Waals surface area contributed by atoms with Crippen molar-refractivity contribution >= 4 is 5.69 Å². The molecule has 1 N–H and O–H groups in total. The Morgan fingerprint density at radius 1 is 1.10 bits per heavy atom. The number of para-hydroxylation sites is 2. The van der Waals surface area contributed by atoms with Crippen LogP contribution in [0.5, 0.6) is 17.2 Å². The zero-order valence-corrected chi connectivity index (χ0v) is 10.8. The second kappa shape index (κ2) is 6.03. The van der Waals surface area contributed by atoms with E-state index in [1.54, 1.807) is 30.3 Å². The van der Waals surface area contributed by atoms with Gasteiger partial charge in [-0.05, 0) is 18.2 Å². The van der Waals surface area contributed by atoms with E-state index in [-0.39, 0.29) is 23.8 Å². The fraction of sp³-hybridized carbons (Fsp3) is 0.143. The van der Waals surface area contributed by atoms with E-state index < -0.39 is 4.92 Å². The van der Waals surface area contributed by atoms with E-state index in [0.717, 1.165) is 0 Å². The molecular formula is C14H13NO5. The lowest BCUT2D eigenvalue weighted by Gasteiger charge is -2.11. The number of methoxy groups -OCH3 is 1. The lowest BCUT2D eigenvalue weighted by atomic mass is 10.2. The minimum Gasteiger partial charge on any atom is -0.490 e. The van der Waals surface area contributed by atoms with E-state index >= 15 is 0 Å². The van der Waals surface area contributed by atoms with Gasteiger partial charge in [-0.1, -0.05) is 24.3 Å². The second-order valence-electron chi connectivity index (χ2n) is 3.93. The summed E-state index contributed by atoms with van der Waals surface area (Å²) < 4.78 is 10.5. The van der Waals surface area contributed by atoms with Crippen molar-refractivity contribution in [3.8, 4) is 17.2 Å². The van der Waals surface area contributed by atoms with E-state index in [4.69, 9.17) is 9.47 Å². The van der Waals surface area contributed by atoms with Crippen molar-refractivity contribution in [1.29, 1.82) is 0 Å². The molecule has 0 atom stereocenters. The third kappa shape index (κ3) is 2.70. The predicted octanol–water partition coefficient (Wildman–Crippen LogP) is 2.89. The predicted molar refractivity (Wildman–Crippen MR) is 72.1 cm³/mol. The molecule has 0 radical (unpaired) electrons. The van der Waals surface area contributed by atoms with Crippen molar-refractivity contribution < 1.29 is 19.5 Å². The molecule has 6 nitrogen and oxygen atoms in total. The maximum atomic E-state index is 11.1. The Morgan fingerprint density at radius 2 is 1.75 bits per heavy atom. The van der Waals surface area contributed by atoms with Crippen LogP contribution < -0.4 is 9.47 Å². The van der Waals surface area contributed by atoms with Crippen LogP contribution in [-0.4, -0.2) is 17.1 Å². The third-order valence-electron chi connectivity index (χ3n) is 2.73. The summed E-state index contributed by atoms with van der Waals surface area (Å²) in [5, 5.41) is 20.4. The van der Waals surface area contributed by atoms with Crippen LogP contribution >= 0.6 is 0 Å². The molecule has 0 aromatic heterocycles. The molecule has 0 fully saturated rings. The van der Waals surface area contributed by atoms with E-state index in [9.17, 15) is 15.2 Å². The average Bonchev–Trinajstić information content (AvgIpc) is 2.47. The zero-order valence-electron chi connectivity index (χ0n) is 10.8. The first-order valence-corrected chi connectivity index (χ1v) is 5.85. The Labute approximate surface area is 115 Å². The first-order valence-electron chi connectivity index (χ1n) is 5.85. The molecule has 0 saturated carbocycles. The Bertz CT molecular complexity index is 627. The average molecular weight is 275 g/mol. The van der Waals surface area contributed by atoms with Crippen molar-refractivity contribution in [3.63, 3.8) is 0 Å². The largest absolute Gasteiger partial charge is 0.490 e. The monoisotopic (exact) mass is 275 g/mol. The van der Waals surface area contributed by atoms with Crippen molar-refractivity contribution in [2.24, 2.45) is 0 Å². The van der Waals surface area contributed by atoms with E-state index in [0.29, 0.717) is 11.3 Å². The quantitative estimate of drug-likeness (QED) is 0.670. The molecule has 0 unspecified atom stereocenters. The highest BCUT2D eigenvalue weighted by Crippen LogP contribution is 2.39. The smallest absolute Gasteiger partial charge is 0.352 e. The van der Waals surface area contributed by atoms with E-state index in [1.165, 1.54) is 19.2 Å². The summed E-state index contributed by atoms with van der Waals surface area (Å²) in [6.07, 6.45) is 0. The molecule has 0 amide bonds. The van der Waals surface area contributed by atoms with Gasteiger partial charge in [0.05, 0.1) is 18.6 Å². The molecule has 104 valence electrons. The van der Waals surface area contributed by atoms with Gasteiger partial charge in [0.1, 0.15) is 5.75 Å². The number of aliphatic hydroxyl groups is 1. The van der Waals surface area contributed by atoms with Gasteiger partial charge < -0.3 is 14.6 Å². The van der Waals surface area contributed by atoms with E-state index in [2.05, 4.69) is 0 Å². The first-order chi connectivity index (χ1) is 9.67. The molecule has 0 bridgehead atoms. The summed E-state index contributed by atoms with van der Waals surface area (Å²) in [5.74, 6) is 0.551. The van der Waals surface area contributed by atoms with Crippen LogP contribution in [0.4, 0.5) is 5.69 Å². The maximum absolute atomic E-state index is 11.1. The number of benzene rings is 2. The van der Waals surface area contributed by atoms with Gasteiger partial charge in [-0.15, -0.1) is 0 Å². The van der Waals surface area contributed by atoms with Gasteiger partial charge in [-0.2, -0.15) is 0 Å². The molecule has 0 aliphatic carbocycles. The summed E-state index contributed by atoms with van der Waals surface area (Å²) in [6.45, 7) is -0.214. The van der Waals surface area contributed by atoms with Gasteiger partial charge in [0.2, 0.25) is 11.5 Å². The minimum atomic E-state index is -0.560. The van der Waals surface area contributed by atoms with Crippen LogP contribution in [0.25, 0.3) is 0 Å². The molecular weight excluding hydrogens is 262 g/mol. The van der Waals surface area contributed by atoms with Crippen molar-refractivity contribution in [2.45, 2.75) is 6.61 Å². The summed E-state index contributed by atoms with van der Waals surface area (Å²) in [7, 11) is 1.35. The molecule has 20 heavy (non-hydrogen) atoms.